The van der Waals surface area contributed by atoms with Crippen LogP contribution in [0, 0.1) is 5.92 Å². The maximum atomic E-state index is 12.8. The van der Waals surface area contributed by atoms with Crippen molar-refractivity contribution in [3.63, 3.8) is 0 Å². The molecule has 0 saturated carbocycles. The van der Waals surface area contributed by atoms with Crippen LogP contribution in [0.3, 0.4) is 0 Å². The van der Waals surface area contributed by atoms with Gasteiger partial charge in [-0.2, -0.15) is 26.3 Å². The van der Waals surface area contributed by atoms with E-state index in [0.717, 1.165) is 0 Å². The van der Waals surface area contributed by atoms with Crippen molar-refractivity contribution >= 4 is 11.7 Å². The molecule has 0 bridgehead atoms. The summed E-state index contributed by atoms with van der Waals surface area (Å²) in [7, 11) is 0. The van der Waals surface area contributed by atoms with Gasteiger partial charge in [-0.25, -0.2) is 4.79 Å². The zero-order valence-electron chi connectivity index (χ0n) is 11.4. The average Bonchev–Trinajstić information content (AvgIpc) is 2.78. The van der Waals surface area contributed by atoms with Gasteiger partial charge in [0.15, 0.2) is 11.8 Å². The molecular formula is C13H9F6NO3. The predicted molar refractivity (Wildman–Crippen MR) is 64.5 cm³/mol. The molecule has 0 amide bonds. The third-order valence-electron chi connectivity index (χ3n) is 3.31. The molecule has 0 fully saturated rings. The number of carboxylic acid groups (broad SMARTS) is 1. The van der Waals surface area contributed by atoms with Gasteiger partial charge < -0.3 is 9.94 Å². The van der Waals surface area contributed by atoms with E-state index < -0.39 is 52.7 Å². The lowest BCUT2D eigenvalue weighted by Crippen LogP contribution is -2.22. The van der Waals surface area contributed by atoms with Crippen molar-refractivity contribution in [3.8, 4) is 0 Å². The molecule has 0 aliphatic carbocycles. The minimum atomic E-state index is -4.99. The van der Waals surface area contributed by atoms with E-state index in [4.69, 9.17) is 9.94 Å². The third kappa shape index (κ3) is 3.40. The van der Waals surface area contributed by atoms with Crippen LogP contribution >= 0.6 is 0 Å². The van der Waals surface area contributed by atoms with Gasteiger partial charge >= 0.3 is 18.3 Å². The predicted octanol–water partition coefficient (Wildman–Crippen LogP) is 3.87. The molecule has 2 atom stereocenters. The Morgan fingerprint density at radius 1 is 1.09 bits per heavy atom. The Morgan fingerprint density at radius 2 is 1.57 bits per heavy atom. The minimum absolute atomic E-state index is 0.0118. The Hall–Kier alpha value is -2.26. The lowest BCUT2D eigenvalue weighted by atomic mass is 9.91. The fourth-order valence-corrected chi connectivity index (χ4v) is 2.16. The molecular weight excluding hydrogens is 332 g/mol. The number of aliphatic carboxylic acids is 1. The van der Waals surface area contributed by atoms with Gasteiger partial charge in [0, 0.05) is 0 Å². The number of rotatable bonds is 2. The van der Waals surface area contributed by atoms with Crippen LogP contribution in [0.1, 0.15) is 29.7 Å². The van der Waals surface area contributed by atoms with E-state index in [1.54, 1.807) is 0 Å². The van der Waals surface area contributed by atoms with Crippen LogP contribution in [-0.2, 0) is 22.0 Å². The van der Waals surface area contributed by atoms with Crippen LogP contribution in [-0.4, -0.2) is 16.8 Å². The van der Waals surface area contributed by atoms with Crippen molar-refractivity contribution in [2.75, 3.05) is 0 Å². The lowest BCUT2D eigenvalue weighted by Gasteiger charge is -2.18. The number of alkyl halides is 6. The fraction of sp³-hybridized carbons (Fsp3) is 0.385. The molecule has 23 heavy (non-hydrogen) atoms. The molecule has 0 aromatic heterocycles. The maximum Gasteiger partial charge on any atom is 0.416 e. The van der Waals surface area contributed by atoms with Gasteiger partial charge in [0.1, 0.15) is 0 Å². The van der Waals surface area contributed by atoms with Crippen molar-refractivity contribution in [3.05, 3.63) is 34.9 Å². The van der Waals surface area contributed by atoms with E-state index in [0.29, 0.717) is 12.1 Å². The van der Waals surface area contributed by atoms with E-state index in [1.165, 1.54) is 6.92 Å². The number of carbonyl (C=O) groups is 1. The van der Waals surface area contributed by atoms with Crippen LogP contribution in [0.2, 0.25) is 0 Å². The summed E-state index contributed by atoms with van der Waals surface area (Å²) < 4.78 is 76.8. The van der Waals surface area contributed by atoms with Gasteiger partial charge in [0.25, 0.3) is 0 Å². The van der Waals surface area contributed by atoms with Gasteiger partial charge in [-0.05, 0) is 23.8 Å². The highest BCUT2D eigenvalue weighted by molar-refractivity contribution is 6.36. The molecule has 2 unspecified atom stereocenters. The van der Waals surface area contributed by atoms with Crippen LogP contribution in [0.25, 0.3) is 0 Å². The second kappa shape index (κ2) is 5.43. The summed E-state index contributed by atoms with van der Waals surface area (Å²) in [5, 5.41) is 12.1. The maximum absolute atomic E-state index is 12.8. The molecule has 4 nitrogen and oxygen atoms in total. The van der Waals surface area contributed by atoms with Crippen LogP contribution in [0.4, 0.5) is 26.3 Å². The van der Waals surface area contributed by atoms with Crippen molar-refractivity contribution in [2.45, 2.75) is 25.4 Å². The first kappa shape index (κ1) is 17.1. The van der Waals surface area contributed by atoms with Crippen molar-refractivity contribution in [2.24, 2.45) is 11.1 Å². The zero-order valence-corrected chi connectivity index (χ0v) is 11.4. The molecule has 1 aliphatic rings. The summed E-state index contributed by atoms with van der Waals surface area (Å²) in [5.74, 6) is -2.46. The third-order valence-corrected chi connectivity index (χ3v) is 3.31. The molecule has 10 heteroatoms. The van der Waals surface area contributed by atoms with Crippen LogP contribution in [0.5, 0.6) is 0 Å². The molecule has 1 aromatic rings. The van der Waals surface area contributed by atoms with E-state index in [1.807, 2.05) is 0 Å². The Balaban J connectivity index is 2.49. The number of oxime groups is 1. The fourth-order valence-electron chi connectivity index (χ4n) is 2.16. The van der Waals surface area contributed by atoms with Crippen LogP contribution in [0.15, 0.2) is 23.4 Å². The lowest BCUT2D eigenvalue weighted by molar-refractivity contribution is -0.143. The van der Waals surface area contributed by atoms with E-state index in [9.17, 15) is 31.1 Å². The summed E-state index contributed by atoms with van der Waals surface area (Å²) in [6, 6.07) is 0.982. The largest absolute Gasteiger partial charge is 0.477 e. The van der Waals surface area contributed by atoms with Gasteiger partial charge in [-0.1, -0.05) is 12.1 Å². The first-order valence-corrected chi connectivity index (χ1v) is 6.17. The highest BCUT2D eigenvalue weighted by atomic mass is 19.4. The number of hydrogen-bond donors (Lipinski definition) is 1. The number of hydrogen-bond acceptors (Lipinski definition) is 3. The van der Waals surface area contributed by atoms with Crippen molar-refractivity contribution in [1.29, 1.82) is 0 Å². The SMILES string of the molecule is CC1C(C(=O)O)=NOC1c1cc(C(F)(F)F)cc(C(F)(F)F)c1. The number of benzene rings is 1. The summed E-state index contributed by atoms with van der Waals surface area (Å²) in [6.07, 6.45) is -11.3. The monoisotopic (exact) mass is 341 g/mol. The Morgan fingerprint density at radius 3 is 1.91 bits per heavy atom. The van der Waals surface area contributed by atoms with Crippen LogP contribution < -0.4 is 0 Å². The van der Waals surface area contributed by atoms with Gasteiger partial charge in [0.2, 0.25) is 0 Å². The smallest absolute Gasteiger partial charge is 0.416 e. The number of halogens is 6. The molecule has 1 N–H and O–H groups in total. The summed E-state index contributed by atoms with van der Waals surface area (Å²) in [4.78, 5) is 15.6. The topological polar surface area (TPSA) is 58.9 Å². The summed E-state index contributed by atoms with van der Waals surface area (Å²) in [5.41, 5.74) is -3.91. The second-order valence-electron chi connectivity index (χ2n) is 4.94. The first-order chi connectivity index (χ1) is 10.4. The Labute approximate surface area is 125 Å². The quantitative estimate of drug-likeness (QED) is 0.831. The van der Waals surface area contributed by atoms with Gasteiger partial charge in [-0.15, -0.1) is 0 Å². The summed E-state index contributed by atoms with van der Waals surface area (Å²) >= 11 is 0. The van der Waals surface area contributed by atoms with Gasteiger partial charge in [-0.3, -0.25) is 0 Å². The molecule has 1 aromatic carbocycles. The molecule has 2 rings (SSSR count). The van der Waals surface area contributed by atoms with Crippen molar-refractivity contribution in [1.82, 2.24) is 0 Å². The second-order valence-corrected chi connectivity index (χ2v) is 4.94. The molecule has 1 aliphatic heterocycles. The Bertz CT molecular complexity index is 632. The minimum Gasteiger partial charge on any atom is -0.477 e. The molecule has 0 saturated heterocycles. The summed E-state index contributed by atoms with van der Waals surface area (Å²) in [6.45, 7) is 1.29. The zero-order chi connectivity index (χ0) is 17.6. The highest BCUT2D eigenvalue weighted by Gasteiger charge is 2.41. The normalized spacial score (nSPS) is 21.8. The molecule has 1 heterocycles. The average molecular weight is 341 g/mol. The molecule has 126 valence electrons. The highest BCUT2D eigenvalue weighted by Crippen LogP contribution is 2.40. The van der Waals surface area contributed by atoms with E-state index in [2.05, 4.69) is 5.16 Å². The number of carboxylic acids is 1. The van der Waals surface area contributed by atoms with Gasteiger partial charge in [0.05, 0.1) is 17.0 Å². The molecule has 0 spiro atoms. The van der Waals surface area contributed by atoms with E-state index >= 15 is 0 Å². The molecule has 0 radical (unpaired) electrons. The number of nitrogens with zero attached hydrogens (tertiary/aromatic N) is 1. The van der Waals surface area contributed by atoms with Crippen molar-refractivity contribution < 1.29 is 41.1 Å². The standard InChI is InChI=1S/C13H9F6NO3/c1-5-9(11(21)22)20-23-10(5)6-2-7(12(14,15)16)4-8(3-6)13(17,18)19/h2-5,10H,1H3,(H,21,22). The van der Waals surface area contributed by atoms with E-state index in [-0.39, 0.29) is 6.07 Å². The first-order valence-electron chi connectivity index (χ1n) is 6.17. The Kier molecular flexibility index (Phi) is 4.03.